The molecular formula is C20H20N2O2. The standard InChI is InChI=1S/C20H20N2O2/c23-19-12-17(13-22(19)18-9-10-18)21-20(24)16-8-4-7-15(11-16)14-5-2-1-3-6-14/h1-8,11,17-18H,9-10,12-13H2,(H,21,24). The summed E-state index contributed by atoms with van der Waals surface area (Å²) in [5.41, 5.74) is 2.74. The first kappa shape index (κ1) is 14.9. The minimum Gasteiger partial charge on any atom is -0.347 e. The molecule has 1 heterocycles. The molecule has 2 fully saturated rings. The largest absolute Gasteiger partial charge is 0.347 e. The van der Waals surface area contributed by atoms with Crippen molar-refractivity contribution < 1.29 is 9.59 Å². The van der Waals surface area contributed by atoms with Crippen LogP contribution in [0.5, 0.6) is 0 Å². The van der Waals surface area contributed by atoms with Gasteiger partial charge in [0.25, 0.3) is 5.91 Å². The molecule has 1 aliphatic heterocycles. The Balaban J connectivity index is 1.46. The Bertz CT molecular complexity index is 768. The van der Waals surface area contributed by atoms with E-state index in [9.17, 15) is 9.59 Å². The lowest BCUT2D eigenvalue weighted by atomic mass is 10.0. The van der Waals surface area contributed by atoms with Crippen molar-refractivity contribution in [3.05, 3.63) is 60.2 Å². The van der Waals surface area contributed by atoms with Crippen LogP contribution in [-0.2, 0) is 4.79 Å². The predicted molar refractivity (Wildman–Crippen MR) is 92.5 cm³/mol. The van der Waals surface area contributed by atoms with Gasteiger partial charge >= 0.3 is 0 Å². The second kappa shape index (κ2) is 6.11. The van der Waals surface area contributed by atoms with E-state index in [1.54, 1.807) is 0 Å². The summed E-state index contributed by atoms with van der Waals surface area (Å²) in [5.74, 6) is 0.0593. The Kier molecular flexibility index (Phi) is 3.81. The van der Waals surface area contributed by atoms with Crippen molar-refractivity contribution in [1.29, 1.82) is 0 Å². The fraction of sp³-hybridized carbons (Fsp3) is 0.300. The molecule has 122 valence electrons. The molecule has 2 amide bonds. The molecule has 0 aromatic heterocycles. The maximum atomic E-state index is 12.5. The fourth-order valence-corrected chi connectivity index (χ4v) is 3.31. The molecule has 4 rings (SSSR count). The molecule has 0 bridgehead atoms. The van der Waals surface area contributed by atoms with E-state index in [0.717, 1.165) is 24.0 Å². The monoisotopic (exact) mass is 320 g/mol. The number of carbonyl (C=O) groups is 2. The van der Waals surface area contributed by atoms with Crippen molar-refractivity contribution in [2.45, 2.75) is 31.3 Å². The normalized spacial score (nSPS) is 20.2. The number of carbonyl (C=O) groups excluding carboxylic acids is 2. The summed E-state index contributed by atoms with van der Waals surface area (Å²) in [6.45, 7) is 0.646. The third-order valence-corrected chi connectivity index (χ3v) is 4.71. The third kappa shape index (κ3) is 3.04. The molecule has 4 nitrogen and oxygen atoms in total. The SMILES string of the molecule is O=C(NC1CC(=O)N(C2CC2)C1)c1cccc(-c2ccccc2)c1. The zero-order chi connectivity index (χ0) is 16.5. The van der Waals surface area contributed by atoms with Gasteiger partial charge < -0.3 is 10.2 Å². The molecule has 0 radical (unpaired) electrons. The Morgan fingerprint density at radius 3 is 2.50 bits per heavy atom. The zero-order valence-electron chi connectivity index (χ0n) is 13.4. The number of rotatable bonds is 4. The van der Waals surface area contributed by atoms with Gasteiger partial charge in [0, 0.05) is 24.6 Å². The summed E-state index contributed by atoms with van der Waals surface area (Å²) >= 11 is 0. The summed E-state index contributed by atoms with van der Waals surface area (Å²) in [5, 5.41) is 3.02. The maximum absolute atomic E-state index is 12.5. The quantitative estimate of drug-likeness (QED) is 0.942. The molecule has 1 aliphatic carbocycles. The highest BCUT2D eigenvalue weighted by Crippen LogP contribution is 2.30. The molecule has 1 N–H and O–H groups in total. The Morgan fingerprint density at radius 2 is 1.75 bits per heavy atom. The van der Waals surface area contributed by atoms with Gasteiger partial charge in [0.1, 0.15) is 0 Å². The van der Waals surface area contributed by atoms with E-state index in [2.05, 4.69) is 5.32 Å². The lowest BCUT2D eigenvalue weighted by molar-refractivity contribution is -0.128. The van der Waals surface area contributed by atoms with Gasteiger partial charge in [-0.05, 0) is 36.1 Å². The number of hydrogen-bond acceptors (Lipinski definition) is 2. The minimum atomic E-state index is -0.108. The summed E-state index contributed by atoms with van der Waals surface area (Å²) in [6, 6.07) is 18.0. The lowest BCUT2D eigenvalue weighted by Gasteiger charge is -2.16. The number of amides is 2. The van der Waals surface area contributed by atoms with E-state index < -0.39 is 0 Å². The lowest BCUT2D eigenvalue weighted by Crippen LogP contribution is -2.37. The topological polar surface area (TPSA) is 49.4 Å². The summed E-state index contributed by atoms with van der Waals surface area (Å²) in [6.07, 6.45) is 2.62. The molecule has 1 unspecified atom stereocenters. The first-order chi connectivity index (χ1) is 11.7. The minimum absolute atomic E-state index is 0.0778. The smallest absolute Gasteiger partial charge is 0.251 e. The van der Waals surface area contributed by atoms with Gasteiger partial charge in [-0.1, -0.05) is 42.5 Å². The van der Waals surface area contributed by atoms with Crippen LogP contribution in [0, 0.1) is 0 Å². The molecule has 1 atom stereocenters. The van der Waals surface area contributed by atoms with Gasteiger partial charge in [-0.15, -0.1) is 0 Å². The Labute approximate surface area is 141 Å². The zero-order valence-corrected chi connectivity index (χ0v) is 13.4. The van der Waals surface area contributed by atoms with Crippen LogP contribution in [0.4, 0.5) is 0 Å². The summed E-state index contributed by atoms with van der Waals surface area (Å²) < 4.78 is 0. The van der Waals surface area contributed by atoms with Crippen LogP contribution in [0.2, 0.25) is 0 Å². The number of likely N-dealkylation sites (tertiary alicyclic amines) is 1. The average molecular weight is 320 g/mol. The van der Waals surface area contributed by atoms with Crippen molar-refractivity contribution in [3.63, 3.8) is 0 Å². The van der Waals surface area contributed by atoms with E-state index >= 15 is 0 Å². The number of nitrogens with one attached hydrogen (secondary N) is 1. The van der Waals surface area contributed by atoms with Gasteiger partial charge in [0.05, 0.1) is 6.04 Å². The molecule has 2 aromatic carbocycles. The molecule has 4 heteroatoms. The van der Waals surface area contributed by atoms with Crippen LogP contribution in [0.15, 0.2) is 54.6 Å². The average Bonchev–Trinajstić information content (AvgIpc) is 3.39. The number of nitrogens with zero attached hydrogens (tertiary/aromatic N) is 1. The molecule has 2 aliphatic rings. The summed E-state index contributed by atoms with van der Waals surface area (Å²) in [7, 11) is 0. The van der Waals surface area contributed by atoms with Crippen molar-refractivity contribution in [1.82, 2.24) is 10.2 Å². The predicted octanol–water partition coefficient (Wildman–Crippen LogP) is 2.85. The van der Waals surface area contributed by atoms with Gasteiger partial charge in [-0.25, -0.2) is 0 Å². The Hall–Kier alpha value is -2.62. The second-order valence-electron chi connectivity index (χ2n) is 6.60. The van der Waals surface area contributed by atoms with Crippen LogP contribution in [-0.4, -0.2) is 35.3 Å². The van der Waals surface area contributed by atoms with Crippen LogP contribution >= 0.6 is 0 Å². The highest BCUT2D eigenvalue weighted by Gasteiger charge is 2.39. The highest BCUT2D eigenvalue weighted by molar-refractivity contribution is 5.96. The maximum Gasteiger partial charge on any atom is 0.251 e. The van der Waals surface area contributed by atoms with Crippen LogP contribution < -0.4 is 5.32 Å². The highest BCUT2D eigenvalue weighted by atomic mass is 16.2. The Morgan fingerprint density at radius 1 is 1.00 bits per heavy atom. The molecule has 24 heavy (non-hydrogen) atoms. The fourth-order valence-electron chi connectivity index (χ4n) is 3.31. The van der Waals surface area contributed by atoms with E-state index in [4.69, 9.17) is 0 Å². The second-order valence-corrected chi connectivity index (χ2v) is 6.60. The van der Waals surface area contributed by atoms with Crippen molar-refractivity contribution in [3.8, 4) is 11.1 Å². The van der Waals surface area contributed by atoms with Crippen LogP contribution in [0.25, 0.3) is 11.1 Å². The first-order valence-electron chi connectivity index (χ1n) is 8.46. The molecular weight excluding hydrogens is 300 g/mol. The molecule has 2 aromatic rings. The molecule has 1 saturated heterocycles. The van der Waals surface area contributed by atoms with Crippen LogP contribution in [0.3, 0.4) is 0 Å². The first-order valence-corrected chi connectivity index (χ1v) is 8.46. The molecule has 1 saturated carbocycles. The van der Waals surface area contributed by atoms with Gasteiger partial charge in [0.15, 0.2) is 0 Å². The van der Waals surface area contributed by atoms with E-state index in [1.807, 2.05) is 59.5 Å². The van der Waals surface area contributed by atoms with Crippen molar-refractivity contribution in [2.75, 3.05) is 6.54 Å². The number of benzene rings is 2. The van der Waals surface area contributed by atoms with Crippen molar-refractivity contribution >= 4 is 11.8 Å². The summed E-state index contributed by atoms with van der Waals surface area (Å²) in [4.78, 5) is 26.5. The van der Waals surface area contributed by atoms with E-state index in [0.29, 0.717) is 24.6 Å². The molecule has 0 spiro atoms. The number of hydrogen-bond donors (Lipinski definition) is 1. The van der Waals surface area contributed by atoms with Gasteiger partial charge in [-0.3, -0.25) is 9.59 Å². The van der Waals surface area contributed by atoms with Crippen LogP contribution in [0.1, 0.15) is 29.6 Å². The van der Waals surface area contributed by atoms with E-state index in [-0.39, 0.29) is 17.9 Å². The third-order valence-electron chi connectivity index (χ3n) is 4.71. The van der Waals surface area contributed by atoms with Crippen molar-refractivity contribution in [2.24, 2.45) is 0 Å². The van der Waals surface area contributed by atoms with Gasteiger partial charge in [0.2, 0.25) is 5.91 Å². The van der Waals surface area contributed by atoms with E-state index in [1.165, 1.54) is 0 Å². The van der Waals surface area contributed by atoms with Gasteiger partial charge in [-0.2, -0.15) is 0 Å².